The molecule has 0 spiro atoms. The van der Waals surface area contributed by atoms with Crippen molar-refractivity contribution in [1.82, 2.24) is 10.2 Å². The summed E-state index contributed by atoms with van der Waals surface area (Å²) >= 11 is 5.79. The number of rotatable bonds is 4. The zero-order valence-corrected chi connectivity index (χ0v) is 13.7. The Balaban J connectivity index is 1.72. The summed E-state index contributed by atoms with van der Waals surface area (Å²) < 4.78 is 37.1. The van der Waals surface area contributed by atoms with Crippen molar-refractivity contribution in [2.75, 3.05) is 13.1 Å². The molecule has 1 aliphatic rings. The van der Waals surface area contributed by atoms with Crippen molar-refractivity contribution in [2.45, 2.75) is 37.9 Å². The maximum absolute atomic E-state index is 12.4. The molecule has 0 aromatic heterocycles. The molecule has 2 rings (SSSR count). The third-order valence-corrected chi connectivity index (χ3v) is 4.20. The number of piperidine rings is 1. The van der Waals surface area contributed by atoms with Crippen molar-refractivity contribution in [3.05, 3.63) is 34.9 Å². The van der Waals surface area contributed by atoms with Crippen LogP contribution in [0.1, 0.15) is 24.8 Å². The highest BCUT2D eigenvalue weighted by molar-refractivity contribution is 6.30. The predicted octanol–water partition coefficient (Wildman–Crippen LogP) is 2.94. The number of nitrogens with zero attached hydrogens (tertiary/aromatic N) is 1. The van der Waals surface area contributed by atoms with Crippen LogP contribution in [0.25, 0.3) is 0 Å². The molecule has 2 amide bonds. The summed E-state index contributed by atoms with van der Waals surface area (Å²) in [7, 11) is 0. The summed E-state index contributed by atoms with van der Waals surface area (Å²) in [6, 6.07) is 7.00. The molecular formula is C16H18ClF3N2O2. The Labute approximate surface area is 143 Å². The van der Waals surface area contributed by atoms with E-state index in [0.717, 1.165) is 10.5 Å². The molecule has 1 N–H and O–H groups in total. The maximum atomic E-state index is 12.4. The van der Waals surface area contributed by atoms with Crippen molar-refractivity contribution < 1.29 is 22.8 Å². The SMILES string of the molecule is O=C(CCc1ccc(Cl)cc1)NC1CCN(C(=O)C(F)(F)F)CC1. The van der Waals surface area contributed by atoms with Gasteiger partial charge in [-0.3, -0.25) is 9.59 Å². The average molecular weight is 363 g/mol. The molecule has 8 heteroatoms. The van der Waals surface area contributed by atoms with Crippen LogP contribution in [0.15, 0.2) is 24.3 Å². The lowest BCUT2D eigenvalue weighted by Crippen LogP contribution is -2.50. The van der Waals surface area contributed by atoms with E-state index in [-0.39, 0.29) is 25.0 Å². The number of hydrogen-bond acceptors (Lipinski definition) is 2. The highest BCUT2D eigenvalue weighted by Crippen LogP contribution is 2.21. The lowest BCUT2D eigenvalue weighted by atomic mass is 10.0. The maximum Gasteiger partial charge on any atom is 0.471 e. The fourth-order valence-corrected chi connectivity index (χ4v) is 2.74. The smallest absolute Gasteiger partial charge is 0.353 e. The topological polar surface area (TPSA) is 49.4 Å². The monoisotopic (exact) mass is 362 g/mol. The quantitative estimate of drug-likeness (QED) is 0.895. The van der Waals surface area contributed by atoms with Crippen LogP contribution in [0.2, 0.25) is 5.02 Å². The number of halogens is 4. The molecule has 1 fully saturated rings. The van der Waals surface area contributed by atoms with Crippen LogP contribution in [0, 0.1) is 0 Å². The van der Waals surface area contributed by atoms with E-state index in [4.69, 9.17) is 11.6 Å². The van der Waals surface area contributed by atoms with Gasteiger partial charge in [-0.05, 0) is 37.0 Å². The Bertz CT molecular complexity index is 582. The van der Waals surface area contributed by atoms with Crippen molar-refractivity contribution in [3.63, 3.8) is 0 Å². The lowest BCUT2D eigenvalue weighted by Gasteiger charge is -2.32. The molecule has 0 unspecified atom stereocenters. The molecule has 0 radical (unpaired) electrons. The normalized spacial score (nSPS) is 16.1. The van der Waals surface area contributed by atoms with Crippen molar-refractivity contribution >= 4 is 23.4 Å². The Hall–Kier alpha value is -1.76. The van der Waals surface area contributed by atoms with Gasteiger partial charge in [0.15, 0.2) is 0 Å². The van der Waals surface area contributed by atoms with Gasteiger partial charge in [-0.15, -0.1) is 0 Å². The van der Waals surface area contributed by atoms with Gasteiger partial charge in [0.05, 0.1) is 0 Å². The van der Waals surface area contributed by atoms with Crippen molar-refractivity contribution in [3.8, 4) is 0 Å². The van der Waals surface area contributed by atoms with E-state index in [2.05, 4.69) is 5.32 Å². The standard InChI is InChI=1S/C16H18ClF3N2O2/c17-12-4-1-11(2-5-12)3-6-14(23)21-13-7-9-22(10-8-13)15(24)16(18,19)20/h1-2,4-5,13H,3,6-10H2,(H,21,23). The fourth-order valence-electron chi connectivity index (χ4n) is 2.61. The summed E-state index contributed by atoms with van der Waals surface area (Å²) in [5, 5.41) is 3.44. The number of benzene rings is 1. The first-order valence-electron chi connectivity index (χ1n) is 7.65. The molecule has 132 valence electrons. The second-order valence-corrected chi connectivity index (χ2v) is 6.19. The molecule has 0 aliphatic carbocycles. The van der Waals surface area contributed by atoms with E-state index in [1.807, 2.05) is 12.1 Å². The predicted molar refractivity (Wildman–Crippen MR) is 83.6 cm³/mol. The molecule has 24 heavy (non-hydrogen) atoms. The third-order valence-electron chi connectivity index (χ3n) is 3.94. The van der Waals surface area contributed by atoms with E-state index in [9.17, 15) is 22.8 Å². The number of carbonyl (C=O) groups excluding carboxylic acids is 2. The zero-order chi connectivity index (χ0) is 17.7. The van der Waals surface area contributed by atoms with Gasteiger partial charge < -0.3 is 10.2 Å². The molecule has 1 aromatic rings. The first-order chi connectivity index (χ1) is 11.3. The molecule has 1 heterocycles. The van der Waals surface area contributed by atoms with Crippen LogP contribution >= 0.6 is 11.6 Å². The van der Waals surface area contributed by atoms with Crippen LogP contribution in [0.3, 0.4) is 0 Å². The number of hydrogen-bond donors (Lipinski definition) is 1. The summed E-state index contributed by atoms with van der Waals surface area (Å²) in [5.41, 5.74) is 0.986. The lowest BCUT2D eigenvalue weighted by molar-refractivity contribution is -0.186. The third kappa shape index (κ3) is 5.40. The van der Waals surface area contributed by atoms with Crippen LogP contribution < -0.4 is 5.32 Å². The summed E-state index contributed by atoms with van der Waals surface area (Å²) in [6.07, 6.45) is -3.32. The van der Waals surface area contributed by atoms with Crippen molar-refractivity contribution in [2.24, 2.45) is 0 Å². The highest BCUT2D eigenvalue weighted by Gasteiger charge is 2.43. The van der Waals surface area contributed by atoms with Crippen LogP contribution in [-0.2, 0) is 16.0 Å². The Morgan fingerprint density at radius 2 is 1.75 bits per heavy atom. The molecule has 4 nitrogen and oxygen atoms in total. The van der Waals surface area contributed by atoms with Gasteiger partial charge >= 0.3 is 12.1 Å². The van der Waals surface area contributed by atoms with Gasteiger partial charge in [0.1, 0.15) is 0 Å². The minimum Gasteiger partial charge on any atom is -0.353 e. The molecule has 1 aliphatic heterocycles. The van der Waals surface area contributed by atoms with E-state index in [1.54, 1.807) is 12.1 Å². The Kier molecular flexibility index (Phi) is 6.10. The molecule has 0 bridgehead atoms. The van der Waals surface area contributed by atoms with Crippen molar-refractivity contribution in [1.29, 1.82) is 0 Å². The molecule has 1 saturated heterocycles. The van der Waals surface area contributed by atoms with Gasteiger partial charge in [0, 0.05) is 30.6 Å². The second-order valence-electron chi connectivity index (χ2n) is 5.76. The first-order valence-corrected chi connectivity index (χ1v) is 8.03. The van der Waals surface area contributed by atoms with Gasteiger partial charge in [-0.1, -0.05) is 23.7 Å². The number of nitrogens with one attached hydrogen (secondary N) is 1. The van der Waals surface area contributed by atoms with Crippen LogP contribution in [-0.4, -0.2) is 42.0 Å². The number of likely N-dealkylation sites (tertiary alicyclic amines) is 1. The summed E-state index contributed by atoms with van der Waals surface area (Å²) in [4.78, 5) is 23.9. The van der Waals surface area contributed by atoms with Crippen LogP contribution in [0.4, 0.5) is 13.2 Å². The Morgan fingerprint density at radius 1 is 1.17 bits per heavy atom. The van der Waals surface area contributed by atoms with Gasteiger partial charge in [0.2, 0.25) is 5.91 Å². The minimum atomic E-state index is -4.84. The molecule has 0 atom stereocenters. The summed E-state index contributed by atoms with van der Waals surface area (Å²) in [5.74, 6) is -1.96. The van der Waals surface area contributed by atoms with E-state index >= 15 is 0 Å². The van der Waals surface area contributed by atoms with Gasteiger partial charge in [-0.2, -0.15) is 13.2 Å². The number of alkyl halides is 3. The fraction of sp³-hybridized carbons (Fsp3) is 0.500. The average Bonchev–Trinajstić information content (AvgIpc) is 2.53. The van der Waals surface area contributed by atoms with Gasteiger partial charge in [0.25, 0.3) is 0 Å². The number of aryl methyl sites for hydroxylation is 1. The molecule has 1 aromatic carbocycles. The number of amides is 2. The van der Waals surface area contributed by atoms with Gasteiger partial charge in [-0.25, -0.2) is 0 Å². The highest BCUT2D eigenvalue weighted by atomic mass is 35.5. The Morgan fingerprint density at radius 3 is 2.29 bits per heavy atom. The van der Waals surface area contributed by atoms with E-state index in [0.29, 0.717) is 30.7 Å². The minimum absolute atomic E-state index is 0.000471. The first kappa shape index (κ1) is 18.6. The largest absolute Gasteiger partial charge is 0.471 e. The number of carbonyl (C=O) groups is 2. The van der Waals surface area contributed by atoms with Crippen LogP contribution in [0.5, 0.6) is 0 Å². The zero-order valence-electron chi connectivity index (χ0n) is 12.9. The summed E-state index contributed by atoms with van der Waals surface area (Å²) in [6.45, 7) is 0.000941. The second kappa shape index (κ2) is 7.88. The molecule has 0 saturated carbocycles. The van der Waals surface area contributed by atoms with E-state index < -0.39 is 12.1 Å². The van der Waals surface area contributed by atoms with E-state index in [1.165, 1.54) is 0 Å². The molecular weight excluding hydrogens is 345 g/mol.